The summed E-state index contributed by atoms with van der Waals surface area (Å²) >= 11 is 0. The molecule has 14 heavy (non-hydrogen) atoms. The lowest BCUT2D eigenvalue weighted by atomic mass is 10.3. The van der Waals surface area contributed by atoms with Gasteiger partial charge in [0.1, 0.15) is 0 Å². The molecule has 0 fully saturated rings. The predicted octanol–water partition coefficient (Wildman–Crippen LogP) is 1.96. The summed E-state index contributed by atoms with van der Waals surface area (Å²) in [6.07, 6.45) is 1.87. The van der Waals surface area contributed by atoms with Crippen molar-refractivity contribution in [1.29, 1.82) is 5.26 Å². The van der Waals surface area contributed by atoms with Gasteiger partial charge in [0.25, 0.3) is 0 Å². The Morgan fingerprint density at radius 2 is 2.43 bits per heavy atom. The Labute approximate surface area is 82.8 Å². The lowest BCUT2D eigenvalue weighted by molar-refractivity contribution is 0.583. The van der Waals surface area contributed by atoms with Crippen LogP contribution in [0.15, 0.2) is 18.3 Å². The summed E-state index contributed by atoms with van der Waals surface area (Å²) < 4.78 is 12.8. The highest BCUT2D eigenvalue weighted by Crippen LogP contribution is 2.13. The number of hydrogen-bond donors (Lipinski definition) is 0. The van der Waals surface area contributed by atoms with E-state index in [9.17, 15) is 4.39 Å². The maximum absolute atomic E-state index is 12.8. The molecule has 0 unspecified atom stereocenters. The van der Waals surface area contributed by atoms with E-state index < -0.39 is 5.95 Å². The van der Waals surface area contributed by atoms with E-state index in [0.717, 1.165) is 12.2 Å². The Morgan fingerprint density at radius 3 is 3.00 bits per heavy atom. The Hall–Kier alpha value is -1.63. The summed E-state index contributed by atoms with van der Waals surface area (Å²) in [5.74, 6) is -0.488. The zero-order chi connectivity index (χ0) is 10.4. The first kappa shape index (κ1) is 10.5. The van der Waals surface area contributed by atoms with Crippen LogP contribution in [0.1, 0.15) is 13.3 Å². The molecule has 1 aromatic heterocycles. The number of hydrogen-bond acceptors (Lipinski definition) is 3. The molecule has 3 nitrogen and oxygen atoms in total. The Kier molecular flexibility index (Phi) is 3.86. The van der Waals surface area contributed by atoms with Crippen molar-refractivity contribution in [3.63, 3.8) is 0 Å². The van der Waals surface area contributed by atoms with Gasteiger partial charge in [-0.15, -0.1) is 0 Å². The third-order valence-corrected chi connectivity index (χ3v) is 1.95. The number of anilines is 1. The molecule has 0 N–H and O–H groups in total. The standard InChI is InChI=1S/C10H12FN3/c1-2-14(7-3-5-12)9-4-6-13-10(11)8-9/h4,6,8H,2-3,7H2,1H3. The molecule has 1 rings (SSSR count). The monoisotopic (exact) mass is 193 g/mol. The van der Waals surface area contributed by atoms with Crippen LogP contribution < -0.4 is 4.90 Å². The van der Waals surface area contributed by atoms with Gasteiger partial charge in [0.2, 0.25) is 5.95 Å². The molecule has 0 radical (unpaired) electrons. The second kappa shape index (κ2) is 5.18. The van der Waals surface area contributed by atoms with Gasteiger partial charge in [0.15, 0.2) is 0 Å². The molecule has 0 aliphatic rings. The minimum atomic E-state index is -0.488. The van der Waals surface area contributed by atoms with Crippen molar-refractivity contribution in [1.82, 2.24) is 4.98 Å². The normalized spacial score (nSPS) is 9.50. The van der Waals surface area contributed by atoms with Gasteiger partial charge in [-0.25, -0.2) is 4.98 Å². The van der Waals surface area contributed by atoms with E-state index in [1.165, 1.54) is 12.3 Å². The smallest absolute Gasteiger partial charge is 0.214 e. The summed E-state index contributed by atoms with van der Waals surface area (Å²) in [4.78, 5) is 5.42. The highest BCUT2D eigenvalue weighted by Gasteiger charge is 2.04. The van der Waals surface area contributed by atoms with Gasteiger partial charge in [-0.1, -0.05) is 0 Å². The van der Waals surface area contributed by atoms with E-state index in [1.807, 2.05) is 11.8 Å². The van der Waals surface area contributed by atoms with Gasteiger partial charge in [0, 0.05) is 31.0 Å². The number of pyridine rings is 1. The molecule has 4 heteroatoms. The zero-order valence-corrected chi connectivity index (χ0v) is 8.07. The first-order valence-electron chi connectivity index (χ1n) is 4.51. The minimum Gasteiger partial charge on any atom is -0.371 e. The van der Waals surface area contributed by atoms with E-state index >= 15 is 0 Å². The minimum absolute atomic E-state index is 0.442. The van der Waals surface area contributed by atoms with Crippen molar-refractivity contribution in [3.8, 4) is 6.07 Å². The third-order valence-electron chi connectivity index (χ3n) is 1.95. The topological polar surface area (TPSA) is 39.9 Å². The maximum Gasteiger partial charge on any atom is 0.214 e. The van der Waals surface area contributed by atoms with Gasteiger partial charge < -0.3 is 4.90 Å². The average molecular weight is 193 g/mol. The van der Waals surface area contributed by atoms with Crippen molar-refractivity contribution in [3.05, 3.63) is 24.3 Å². The van der Waals surface area contributed by atoms with E-state index in [4.69, 9.17) is 5.26 Å². The average Bonchev–Trinajstić information content (AvgIpc) is 2.19. The van der Waals surface area contributed by atoms with Crippen LogP contribution >= 0.6 is 0 Å². The van der Waals surface area contributed by atoms with Crippen molar-refractivity contribution in [2.45, 2.75) is 13.3 Å². The van der Waals surface area contributed by atoms with E-state index in [-0.39, 0.29) is 0 Å². The highest BCUT2D eigenvalue weighted by molar-refractivity contribution is 5.44. The predicted molar refractivity (Wildman–Crippen MR) is 52.3 cm³/mol. The van der Waals surface area contributed by atoms with Gasteiger partial charge in [-0.05, 0) is 13.0 Å². The largest absolute Gasteiger partial charge is 0.371 e. The number of nitriles is 1. The number of rotatable bonds is 4. The quantitative estimate of drug-likeness (QED) is 0.686. The van der Waals surface area contributed by atoms with Crippen LogP contribution in [0.2, 0.25) is 0 Å². The SMILES string of the molecule is CCN(CCC#N)c1ccnc(F)c1. The van der Waals surface area contributed by atoms with Crippen LogP contribution in [0, 0.1) is 17.3 Å². The number of nitrogens with zero attached hydrogens (tertiary/aromatic N) is 3. The Bertz CT molecular complexity index is 332. The molecular weight excluding hydrogens is 181 g/mol. The van der Waals surface area contributed by atoms with Crippen molar-refractivity contribution in [2.75, 3.05) is 18.0 Å². The van der Waals surface area contributed by atoms with Crippen molar-refractivity contribution < 1.29 is 4.39 Å². The van der Waals surface area contributed by atoms with Gasteiger partial charge in [0.05, 0.1) is 12.5 Å². The third kappa shape index (κ3) is 2.70. The molecule has 1 heterocycles. The first-order chi connectivity index (χ1) is 6.77. The van der Waals surface area contributed by atoms with Crippen LogP contribution in [-0.2, 0) is 0 Å². The zero-order valence-electron chi connectivity index (χ0n) is 8.07. The molecule has 74 valence electrons. The molecule has 0 bridgehead atoms. The lowest BCUT2D eigenvalue weighted by Gasteiger charge is -2.21. The van der Waals surface area contributed by atoms with E-state index in [0.29, 0.717) is 13.0 Å². The molecule has 0 aliphatic heterocycles. The molecule has 0 spiro atoms. The van der Waals surface area contributed by atoms with E-state index in [2.05, 4.69) is 11.1 Å². The maximum atomic E-state index is 12.8. The molecule has 0 saturated carbocycles. The molecule has 1 aromatic rings. The fourth-order valence-corrected chi connectivity index (χ4v) is 1.24. The van der Waals surface area contributed by atoms with Crippen LogP contribution in [0.25, 0.3) is 0 Å². The summed E-state index contributed by atoms with van der Waals surface area (Å²) in [7, 11) is 0. The molecule has 0 amide bonds. The van der Waals surface area contributed by atoms with Crippen molar-refractivity contribution >= 4 is 5.69 Å². The number of halogens is 1. The number of aromatic nitrogens is 1. The molecular formula is C10H12FN3. The summed E-state index contributed by atoms with van der Waals surface area (Å²) in [6.45, 7) is 3.34. The first-order valence-corrected chi connectivity index (χ1v) is 4.51. The molecule has 0 aromatic carbocycles. The van der Waals surface area contributed by atoms with Gasteiger partial charge >= 0.3 is 0 Å². The summed E-state index contributed by atoms with van der Waals surface area (Å²) in [6, 6.07) is 5.18. The summed E-state index contributed by atoms with van der Waals surface area (Å²) in [5, 5.41) is 8.45. The summed E-state index contributed by atoms with van der Waals surface area (Å²) in [5.41, 5.74) is 0.773. The Balaban J connectivity index is 2.74. The van der Waals surface area contributed by atoms with Crippen LogP contribution in [-0.4, -0.2) is 18.1 Å². The van der Waals surface area contributed by atoms with Crippen LogP contribution in [0.5, 0.6) is 0 Å². The van der Waals surface area contributed by atoms with Gasteiger partial charge in [-0.2, -0.15) is 9.65 Å². The fraction of sp³-hybridized carbons (Fsp3) is 0.400. The lowest BCUT2D eigenvalue weighted by Crippen LogP contribution is -2.23. The van der Waals surface area contributed by atoms with Crippen molar-refractivity contribution in [2.24, 2.45) is 0 Å². The molecule has 0 aliphatic carbocycles. The Morgan fingerprint density at radius 1 is 1.64 bits per heavy atom. The highest BCUT2D eigenvalue weighted by atomic mass is 19.1. The molecule has 0 saturated heterocycles. The van der Waals surface area contributed by atoms with Gasteiger partial charge in [-0.3, -0.25) is 0 Å². The fourth-order valence-electron chi connectivity index (χ4n) is 1.24. The van der Waals surface area contributed by atoms with E-state index in [1.54, 1.807) is 6.07 Å². The molecule has 0 atom stereocenters. The van der Waals surface area contributed by atoms with Crippen LogP contribution in [0.4, 0.5) is 10.1 Å². The second-order valence-electron chi connectivity index (χ2n) is 2.82. The second-order valence-corrected chi connectivity index (χ2v) is 2.82. The van der Waals surface area contributed by atoms with Crippen LogP contribution in [0.3, 0.4) is 0 Å².